The molecule has 1 heterocycles. The lowest BCUT2D eigenvalue weighted by Gasteiger charge is -2.29. The molecule has 0 spiro atoms. The number of hydrogen-bond donors (Lipinski definition) is 1. The number of thiol groups is 1. The van der Waals surface area contributed by atoms with Gasteiger partial charge in [-0.15, -0.1) is 0 Å². The molecule has 0 aliphatic carbocycles. The number of amides is 1. The highest BCUT2D eigenvalue weighted by Gasteiger charge is 2.31. The third-order valence-electron chi connectivity index (χ3n) is 3.08. The Bertz CT molecular complexity index is 257. The van der Waals surface area contributed by atoms with Crippen molar-refractivity contribution >= 4 is 18.5 Å². The summed E-state index contributed by atoms with van der Waals surface area (Å²) < 4.78 is 0. The predicted molar refractivity (Wildman–Crippen MR) is 65.9 cm³/mol. The Morgan fingerprint density at radius 2 is 2.07 bits per heavy atom. The molecule has 1 amide bonds. The van der Waals surface area contributed by atoms with Crippen molar-refractivity contribution in [1.29, 1.82) is 0 Å². The van der Waals surface area contributed by atoms with E-state index in [0.29, 0.717) is 12.0 Å². The lowest BCUT2D eigenvalue weighted by Crippen LogP contribution is -2.42. The molecule has 1 saturated heterocycles. The van der Waals surface area contributed by atoms with E-state index in [1.54, 1.807) is 4.90 Å². The van der Waals surface area contributed by atoms with E-state index in [4.69, 9.17) is 0 Å². The fraction of sp³-hybridized carbons (Fsp3) is 0.727. The van der Waals surface area contributed by atoms with Crippen molar-refractivity contribution in [3.8, 4) is 0 Å². The molecule has 1 aliphatic heterocycles. The van der Waals surface area contributed by atoms with Crippen LogP contribution in [0, 0.1) is 5.92 Å². The van der Waals surface area contributed by atoms with Gasteiger partial charge in [0.2, 0.25) is 5.91 Å². The van der Waals surface area contributed by atoms with Gasteiger partial charge in [-0.3, -0.25) is 4.79 Å². The normalized spacial score (nSPS) is 33.6. The number of likely N-dealkylation sites (N-methyl/N-ethyl adjacent to an activating group) is 1. The van der Waals surface area contributed by atoms with Crippen molar-refractivity contribution in [2.24, 2.45) is 5.92 Å². The third kappa shape index (κ3) is 2.75. The van der Waals surface area contributed by atoms with E-state index in [-0.39, 0.29) is 11.3 Å². The molecule has 0 N–H and O–H groups in total. The highest BCUT2D eigenvalue weighted by molar-refractivity contribution is 7.80. The molecule has 1 fully saturated rings. The lowest BCUT2D eigenvalue weighted by molar-refractivity contribution is -0.127. The van der Waals surface area contributed by atoms with Crippen LogP contribution in [0.1, 0.15) is 13.8 Å². The van der Waals surface area contributed by atoms with E-state index in [1.165, 1.54) is 6.08 Å². The molecule has 0 radical (unpaired) electrons. The van der Waals surface area contributed by atoms with Crippen molar-refractivity contribution in [2.75, 3.05) is 20.1 Å². The maximum atomic E-state index is 11.7. The van der Waals surface area contributed by atoms with E-state index in [9.17, 15) is 4.79 Å². The Morgan fingerprint density at radius 1 is 1.47 bits per heavy atom. The second kappa shape index (κ2) is 5.03. The molecular formula is C11H20N2OS. The first-order valence-electron chi connectivity index (χ1n) is 5.28. The fourth-order valence-corrected chi connectivity index (χ4v) is 2.21. The molecule has 3 nitrogen and oxygen atoms in total. The Labute approximate surface area is 97.5 Å². The van der Waals surface area contributed by atoms with Crippen molar-refractivity contribution < 1.29 is 4.79 Å². The summed E-state index contributed by atoms with van der Waals surface area (Å²) in [5.41, 5.74) is 0. The van der Waals surface area contributed by atoms with Crippen LogP contribution >= 0.6 is 12.6 Å². The Kier molecular flexibility index (Phi) is 4.22. The van der Waals surface area contributed by atoms with Gasteiger partial charge in [-0.1, -0.05) is 13.5 Å². The Hall–Kier alpha value is -0.480. The Balaban J connectivity index is 2.85. The first-order chi connectivity index (χ1) is 6.97. The van der Waals surface area contributed by atoms with Crippen LogP contribution in [0.4, 0.5) is 0 Å². The molecule has 0 bridgehead atoms. The van der Waals surface area contributed by atoms with Crippen LogP contribution in [0.15, 0.2) is 12.7 Å². The zero-order valence-electron chi connectivity index (χ0n) is 9.68. The second-order valence-corrected chi connectivity index (χ2v) is 4.90. The Morgan fingerprint density at radius 3 is 2.60 bits per heavy atom. The smallest absolute Gasteiger partial charge is 0.246 e. The van der Waals surface area contributed by atoms with E-state index in [2.05, 4.69) is 45.0 Å². The van der Waals surface area contributed by atoms with Crippen LogP contribution in [0.3, 0.4) is 0 Å². The number of carbonyl (C=O) groups is 1. The average Bonchev–Trinajstić information content (AvgIpc) is 2.30. The molecule has 1 rings (SSSR count). The minimum atomic E-state index is -0.0241. The monoisotopic (exact) mass is 228 g/mol. The molecule has 15 heavy (non-hydrogen) atoms. The maximum Gasteiger partial charge on any atom is 0.246 e. The zero-order valence-corrected chi connectivity index (χ0v) is 10.6. The van der Waals surface area contributed by atoms with Crippen LogP contribution in [0.2, 0.25) is 0 Å². The van der Waals surface area contributed by atoms with Crippen molar-refractivity contribution in [3.63, 3.8) is 0 Å². The van der Waals surface area contributed by atoms with Gasteiger partial charge in [0, 0.05) is 19.1 Å². The second-order valence-electron chi connectivity index (χ2n) is 4.37. The van der Waals surface area contributed by atoms with Gasteiger partial charge in [-0.25, -0.2) is 0 Å². The van der Waals surface area contributed by atoms with Gasteiger partial charge < -0.3 is 9.80 Å². The van der Waals surface area contributed by atoms with Gasteiger partial charge in [-0.05, 0) is 26.0 Å². The van der Waals surface area contributed by atoms with Crippen LogP contribution < -0.4 is 0 Å². The average molecular weight is 228 g/mol. The maximum absolute atomic E-state index is 11.7. The lowest BCUT2D eigenvalue weighted by atomic mass is 10.1. The van der Waals surface area contributed by atoms with Gasteiger partial charge in [0.25, 0.3) is 0 Å². The summed E-state index contributed by atoms with van der Waals surface area (Å²) in [6.45, 7) is 9.47. The van der Waals surface area contributed by atoms with E-state index in [0.717, 1.165) is 13.1 Å². The number of rotatable bonds is 1. The summed E-state index contributed by atoms with van der Waals surface area (Å²) >= 11 is 4.53. The summed E-state index contributed by atoms with van der Waals surface area (Å²) in [6, 6.07) is 0.369. The van der Waals surface area contributed by atoms with Crippen LogP contribution in [0.5, 0.6) is 0 Å². The molecule has 1 aliphatic rings. The minimum Gasteiger partial charge on any atom is -0.326 e. The van der Waals surface area contributed by atoms with E-state index >= 15 is 0 Å². The summed E-state index contributed by atoms with van der Waals surface area (Å²) in [4.78, 5) is 15.7. The molecule has 4 heteroatoms. The summed E-state index contributed by atoms with van der Waals surface area (Å²) in [5, 5.41) is -0.0112. The van der Waals surface area contributed by atoms with Crippen LogP contribution in [-0.4, -0.2) is 47.3 Å². The van der Waals surface area contributed by atoms with Gasteiger partial charge >= 0.3 is 0 Å². The molecule has 3 atom stereocenters. The number of hydrogen-bond acceptors (Lipinski definition) is 3. The number of carbonyl (C=O) groups excluding carboxylic acids is 1. The standard InChI is InChI=1S/C11H20N2OS/c1-5-10(14)13-7-9(3)12(4)6-8(2)11(13)15/h5,8-9,11,15H,1,6-7H2,2-4H3/t8-,9-,11?/m0/s1. The van der Waals surface area contributed by atoms with E-state index in [1.807, 2.05) is 0 Å². The topological polar surface area (TPSA) is 23.6 Å². The van der Waals surface area contributed by atoms with E-state index < -0.39 is 0 Å². The molecule has 0 aromatic heterocycles. The summed E-state index contributed by atoms with van der Waals surface area (Å²) in [5.74, 6) is 0.344. The first-order valence-corrected chi connectivity index (χ1v) is 5.80. The third-order valence-corrected chi connectivity index (χ3v) is 3.86. The highest BCUT2D eigenvalue weighted by Crippen LogP contribution is 2.22. The van der Waals surface area contributed by atoms with Gasteiger partial charge in [0.05, 0.1) is 5.37 Å². The fourth-order valence-electron chi connectivity index (χ4n) is 1.91. The molecular weight excluding hydrogens is 208 g/mol. The van der Waals surface area contributed by atoms with Crippen molar-refractivity contribution in [3.05, 3.63) is 12.7 Å². The predicted octanol–water partition coefficient (Wildman–Crippen LogP) is 1.23. The largest absolute Gasteiger partial charge is 0.326 e. The minimum absolute atomic E-state index is 0.0112. The quantitative estimate of drug-likeness (QED) is 0.539. The van der Waals surface area contributed by atoms with Crippen LogP contribution in [-0.2, 0) is 4.79 Å². The van der Waals surface area contributed by atoms with Crippen molar-refractivity contribution in [1.82, 2.24) is 9.80 Å². The number of nitrogens with zero attached hydrogens (tertiary/aromatic N) is 2. The van der Waals surface area contributed by atoms with Crippen molar-refractivity contribution in [2.45, 2.75) is 25.3 Å². The van der Waals surface area contributed by atoms with Gasteiger partial charge in [-0.2, -0.15) is 12.6 Å². The van der Waals surface area contributed by atoms with Crippen LogP contribution in [0.25, 0.3) is 0 Å². The molecule has 0 aromatic carbocycles. The summed E-state index contributed by atoms with van der Waals surface area (Å²) in [6.07, 6.45) is 1.37. The molecule has 1 unspecified atom stereocenters. The molecule has 0 aromatic rings. The zero-order chi connectivity index (χ0) is 11.6. The highest BCUT2D eigenvalue weighted by atomic mass is 32.1. The summed E-state index contributed by atoms with van der Waals surface area (Å²) in [7, 11) is 2.09. The molecule has 86 valence electrons. The van der Waals surface area contributed by atoms with Gasteiger partial charge in [0.1, 0.15) is 0 Å². The van der Waals surface area contributed by atoms with Gasteiger partial charge in [0.15, 0.2) is 0 Å². The first kappa shape index (κ1) is 12.6. The SMILES string of the molecule is C=CC(=O)N1C[C@H](C)N(C)C[C@H](C)C1S. The molecule has 0 saturated carbocycles.